The minimum atomic E-state index is -0.563. The molecule has 0 fully saturated rings. The molecule has 0 saturated heterocycles. The second-order valence-electron chi connectivity index (χ2n) is 10.2. The Labute approximate surface area is 265 Å². The number of aryl methyl sites for hydroxylation is 2. The Morgan fingerprint density at radius 3 is 1.29 bits per heavy atom. The molecule has 0 bridgehead atoms. The van der Waals surface area contributed by atoms with Crippen molar-refractivity contribution >= 4 is 51.0 Å². The summed E-state index contributed by atoms with van der Waals surface area (Å²) >= 11 is 6.65. The number of hydrogen-bond donors (Lipinski definition) is 0. The maximum atomic E-state index is 14.5. The summed E-state index contributed by atoms with van der Waals surface area (Å²) in [5.74, 6) is -0.426. The van der Waals surface area contributed by atoms with Gasteiger partial charge in [-0.25, -0.2) is 0 Å². The minimum absolute atomic E-state index is 0.00413. The van der Waals surface area contributed by atoms with Crippen LogP contribution < -0.4 is 0 Å². The number of ketones is 2. The van der Waals surface area contributed by atoms with Crippen LogP contribution in [0, 0.1) is 13.8 Å². The van der Waals surface area contributed by atoms with Crippen LogP contribution in [-0.4, -0.2) is 22.1 Å². The molecule has 0 aromatic heterocycles. The van der Waals surface area contributed by atoms with Crippen molar-refractivity contribution in [3.8, 4) is 0 Å². The molecule has 5 heteroatoms. The molecule has 42 heavy (non-hydrogen) atoms. The Morgan fingerprint density at radius 2 is 0.905 bits per heavy atom. The molecule has 5 rings (SSSR count). The molecule has 0 N–H and O–H groups in total. The van der Waals surface area contributed by atoms with Crippen LogP contribution in [0.2, 0.25) is 0 Å². The highest BCUT2D eigenvalue weighted by molar-refractivity contribution is 9.10. The van der Waals surface area contributed by atoms with Gasteiger partial charge in [-0.2, -0.15) is 0 Å². The number of carbonyl (C=O) groups is 2. The lowest BCUT2D eigenvalue weighted by molar-refractivity contribution is 0.0955. The fourth-order valence-electron chi connectivity index (χ4n) is 4.83. The lowest BCUT2D eigenvalue weighted by Gasteiger charge is -2.32. The Morgan fingerprint density at radius 1 is 0.524 bits per heavy atom. The summed E-state index contributed by atoms with van der Waals surface area (Å²) in [5.41, 5.74) is 4.52. The van der Waals surface area contributed by atoms with Crippen molar-refractivity contribution in [2.24, 2.45) is 0 Å². The quantitative estimate of drug-likeness (QED) is 0.105. The second kappa shape index (κ2) is 14.2. The van der Waals surface area contributed by atoms with Crippen LogP contribution in [0.25, 0.3) is 0 Å². The van der Waals surface area contributed by atoms with E-state index in [0.29, 0.717) is 11.1 Å². The van der Waals surface area contributed by atoms with Gasteiger partial charge >= 0.3 is 0 Å². The van der Waals surface area contributed by atoms with E-state index >= 15 is 0 Å². The van der Waals surface area contributed by atoms with Crippen molar-refractivity contribution in [3.63, 3.8) is 0 Å². The number of Topliss-reactive ketones (excluding diaryl/α,β-unsaturated/α-hetero) is 2. The van der Waals surface area contributed by atoms with Gasteiger partial charge in [-0.3, -0.25) is 9.59 Å². The molecule has 2 unspecified atom stereocenters. The van der Waals surface area contributed by atoms with Gasteiger partial charge in [0.25, 0.3) is 0 Å². The summed E-state index contributed by atoms with van der Waals surface area (Å²) < 4.78 is 0.944. The van der Waals surface area contributed by atoms with E-state index in [-0.39, 0.29) is 11.6 Å². The van der Waals surface area contributed by atoms with Crippen molar-refractivity contribution < 1.29 is 9.59 Å². The monoisotopic (exact) mass is 650 g/mol. The van der Waals surface area contributed by atoms with Crippen LogP contribution >= 0.6 is 39.5 Å². The van der Waals surface area contributed by atoms with Gasteiger partial charge in [0, 0.05) is 31.3 Å². The summed E-state index contributed by atoms with van der Waals surface area (Å²) in [4.78, 5) is 31.0. The normalized spacial score (nSPS) is 13.2. The van der Waals surface area contributed by atoms with Gasteiger partial charge < -0.3 is 0 Å². The van der Waals surface area contributed by atoms with Crippen LogP contribution in [0.3, 0.4) is 0 Å². The first-order valence-corrected chi connectivity index (χ1v) is 16.3. The Balaban J connectivity index is 1.69. The molecule has 0 amide bonds. The van der Waals surface area contributed by atoms with Crippen molar-refractivity contribution in [3.05, 3.63) is 166 Å². The van der Waals surface area contributed by atoms with Crippen LogP contribution in [-0.2, 0) is 0 Å². The first-order chi connectivity index (χ1) is 20.4. The van der Waals surface area contributed by atoms with Crippen LogP contribution in [0.4, 0.5) is 0 Å². The van der Waals surface area contributed by atoms with E-state index in [9.17, 15) is 9.59 Å². The van der Waals surface area contributed by atoms with Crippen LogP contribution in [0.1, 0.15) is 43.3 Å². The van der Waals surface area contributed by atoms with E-state index < -0.39 is 16.4 Å². The Hall–Kier alpha value is -3.38. The first kappa shape index (κ1) is 30.1. The van der Waals surface area contributed by atoms with Crippen molar-refractivity contribution in [1.29, 1.82) is 0 Å². The van der Waals surface area contributed by atoms with Gasteiger partial charge in [0.1, 0.15) is 0 Å². The molecule has 0 heterocycles. The van der Waals surface area contributed by atoms with Gasteiger partial charge in [-0.15, -0.1) is 23.5 Å². The lowest BCUT2D eigenvalue weighted by Crippen LogP contribution is -2.36. The average molecular weight is 652 g/mol. The molecule has 5 aromatic rings. The Kier molecular flexibility index (Phi) is 10.2. The van der Waals surface area contributed by atoms with E-state index in [1.807, 2.05) is 84.9 Å². The molecular formula is C37H31BrO2S2. The molecule has 0 saturated carbocycles. The molecular weight excluding hydrogens is 620 g/mol. The molecule has 5 aromatic carbocycles. The molecule has 0 radical (unpaired) electrons. The van der Waals surface area contributed by atoms with E-state index in [4.69, 9.17) is 0 Å². The maximum absolute atomic E-state index is 14.5. The zero-order valence-electron chi connectivity index (χ0n) is 23.4. The SMILES string of the molecule is Cc1ccc(SC(C(=O)c2ccccc2)C(c2ccc(Br)cc2)C(Sc2ccc(C)cc2)C(=O)c2ccccc2)cc1. The van der Waals surface area contributed by atoms with E-state index in [1.165, 1.54) is 23.5 Å². The van der Waals surface area contributed by atoms with Crippen molar-refractivity contribution in [2.45, 2.75) is 40.1 Å². The predicted molar refractivity (Wildman–Crippen MR) is 180 cm³/mol. The second-order valence-corrected chi connectivity index (χ2v) is 13.6. The third-order valence-electron chi connectivity index (χ3n) is 7.11. The van der Waals surface area contributed by atoms with E-state index in [2.05, 4.69) is 78.3 Å². The predicted octanol–water partition coefficient (Wildman–Crippen LogP) is 10.2. The topological polar surface area (TPSA) is 34.1 Å². The molecule has 2 nitrogen and oxygen atoms in total. The largest absolute Gasteiger partial charge is 0.293 e. The Bertz CT molecular complexity index is 1520. The van der Waals surface area contributed by atoms with Crippen LogP contribution in [0.15, 0.2) is 148 Å². The van der Waals surface area contributed by atoms with E-state index in [1.54, 1.807) is 0 Å². The molecule has 2 atom stereocenters. The zero-order valence-corrected chi connectivity index (χ0v) is 26.7. The summed E-state index contributed by atoms with van der Waals surface area (Å²) in [5, 5.41) is -1.13. The highest BCUT2D eigenvalue weighted by Crippen LogP contribution is 2.45. The third-order valence-corrected chi connectivity index (χ3v) is 10.2. The molecule has 0 aliphatic carbocycles. The smallest absolute Gasteiger partial charge is 0.176 e. The first-order valence-electron chi connectivity index (χ1n) is 13.8. The number of halogens is 1. The molecule has 210 valence electrons. The van der Waals surface area contributed by atoms with Gasteiger partial charge in [0.15, 0.2) is 11.6 Å². The number of hydrogen-bond acceptors (Lipinski definition) is 4. The van der Waals surface area contributed by atoms with E-state index in [0.717, 1.165) is 31.0 Å². The maximum Gasteiger partial charge on any atom is 0.176 e. The number of benzene rings is 5. The fraction of sp³-hybridized carbons (Fsp3) is 0.135. The van der Waals surface area contributed by atoms with Crippen molar-refractivity contribution in [2.75, 3.05) is 0 Å². The van der Waals surface area contributed by atoms with Crippen LogP contribution in [0.5, 0.6) is 0 Å². The fourth-order valence-corrected chi connectivity index (χ4v) is 7.78. The third kappa shape index (κ3) is 7.52. The number of carbonyl (C=O) groups excluding carboxylic acids is 2. The highest BCUT2D eigenvalue weighted by atomic mass is 79.9. The van der Waals surface area contributed by atoms with Gasteiger partial charge in [-0.05, 0) is 55.8 Å². The van der Waals surface area contributed by atoms with Gasteiger partial charge in [0.05, 0.1) is 10.5 Å². The summed E-state index contributed by atoms with van der Waals surface area (Å²) in [6.45, 7) is 4.11. The summed E-state index contributed by atoms with van der Waals surface area (Å²) in [6, 6.07) is 43.4. The minimum Gasteiger partial charge on any atom is -0.293 e. The summed E-state index contributed by atoms with van der Waals surface area (Å²) in [7, 11) is 0. The van der Waals surface area contributed by atoms with Gasteiger partial charge in [0.2, 0.25) is 0 Å². The highest BCUT2D eigenvalue weighted by Gasteiger charge is 2.41. The molecule has 0 spiro atoms. The lowest BCUT2D eigenvalue weighted by atomic mass is 9.85. The zero-order chi connectivity index (χ0) is 29.5. The number of rotatable bonds is 11. The van der Waals surface area contributed by atoms with Crippen molar-refractivity contribution in [1.82, 2.24) is 0 Å². The summed E-state index contributed by atoms with van der Waals surface area (Å²) in [6.07, 6.45) is 0. The molecule has 0 aliphatic rings. The average Bonchev–Trinajstić information content (AvgIpc) is 3.03. The van der Waals surface area contributed by atoms with Gasteiger partial charge in [-0.1, -0.05) is 124 Å². The number of thioether (sulfide) groups is 2. The standard InChI is InChI=1S/C37H31BrO2S2/c1-25-13-21-31(22-14-25)41-36(34(39)28-9-5-3-6-10-28)33(27-17-19-30(38)20-18-27)37(35(40)29-11-7-4-8-12-29)42-32-23-15-26(2)16-24-32/h3-24,33,36-37H,1-2H3. The molecule has 0 aliphatic heterocycles.